The Balaban J connectivity index is 1.90. The highest BCUT2D eigenvalue weighted by molar-refractivity contribution is 9.10. The molecule has 1 aromatic heterocycles. The number of pyridine rings is 1. The second kappa shape index (κ2) is 8.19. The summed E-state index contributed by atoms with van der Waals surface area (Å²) in [7, 11) is 1.61. The molecule has 0 spiro atoms. The molecular weight excluding hydrogens is 426 g/mol. The molecule has 4 aromatic rings. The van der Waals surface area contributed by atoms with Gasteiger partial charge in [-0.3, -0.25) is 0 Å². The topological polar surface area (TPSA) is 42.4 Å². The van der Waals surface area contributed by atoms with Crippen LogP contribution in [0.25, 0.3) is 28.1 Å². The number of aliphatic hydroxyl groups is 1. The van der Waals surface area contributed by atoms with E-state index in [-0.39, 0.29) is 0 Å². The Kier molecular flexibility index (Phi) is 5.47. The Bertz CT molecular complexity index is 1200. The van der Waals surface area contributed by atoms with Crippen molar-refractivity contribution >= 4 is 32.9 Å². The predicted octanol–water partition coefficient (Wildman–Crippen LogP) is 6.40. The lowest BCUT2D eigenvalue weighted by molar-refractivity contribution is 0.220. The Morgan fingerprint density at radius 3 is 2.55 bits per heavy atom. The fourth-order valence-electron chi connectivity index (χ4n) is 3.43. The van der Waals surface area contributed by atoms with Crippen molar-refractivity contribution < 1.29 is 9.84 Å². The molecule has 0 aliphatic heterocycles. The molecule has 29 heavy (non-hydrogen) atoms. The summed E-state index contributed by atoms with van der Waals surface area (Å²) in [6, 6.07) is 23.6. The van der Waals surface area contributed by atoms with Crippen molar-refractivity contribution in [1.29, 1.82) is 0 Å². The van der Waals surface area contributed by atoms with Gasteiger partial charge in [0.05, 0.1) is 12.6 Å². The number of methoxy groups -OCH3 is 1. The van der Waals surface area contributed by atoms with E-state index in [0.717, 1.165) is 43.2 Å². The summed E-state index contributed by atoms with van der Waals surface area (Å²) in [6.45, 7) is 3.87. The number of ether oxygens (including phenoxy) is 1. The summed E-state index contributed by atoms with van der Waals surface area (Å²) in [5.74, 6) is 0.553. The average Bonchev–Trinajstić information content (AvgIpc) is 2.77. The zero-order valence-electron chi connectivity index (χ0n) is 16.0. The third-order valence-electron chi connectivity index (χ3n) is 4.93. The molecule has 3 nitrogen and oxygen atoms in total. The maximum Gasteiger partial charge on any atom is 0.214 e. The van der Waals surface area contributed by atoms with Crippen LogP contribution >= 0.6 is 15.9 Å². The molecule has 0 aliphatic carbocycles. The highest BCUT2D eigenvalue weighted by Crippen LogP contribution is 2.34. The van der Waals surface area contributed by atoms with Crippen LogP contribution in [0.4, 0.5) is 0 Å². The van der Waals surface area contributed by atoms with E-state index in [1.807, 2.05) is 66.7 Å². The first-order valence-electron chi connectivity index (χ1n) is 9.24. The largest absolute Gasteiger partial charge is 0.481 e. The van der Waals surface area contributed by atoms with Crippen LogP contribution in [0.1, 0.15) is 22.8 Å². The van der Waals surface area contributed by atoms with Gasteiger partial charge in [0.25, 0.3) is 0 Å². The van der Waals surface area contributed by atoms with Crippen LogP contribution in [0.15, 0.2) is 83.8 Å². The molecule has 4 heteroatoms. The van der Waals surface area contributed by atoms with E-state index in [4.69, 9.17) is 4.74 Å². The molecule has 1 N–H and O–H groups in total. The van der Waals surface area contributed by atoms with Gasteiger partial charge in [-0.25, -0.2) is 4.98 Å². The van der Waals surface area contributed by atoms with Gasteiger partial charge in [-0.1, -0.05) is 65.0 Å². The van der Waals surface area contributed by atoms with Crippen molar-refractivity contribution in [3.05, 3.63) is 101 Å². The van der Waals surface area contributed by atoms with E-state index in [2.05, 4.69) is 39.6 Å². The number of nitrogens with zero attached hydrogens (tertiary/aromatic N) is 1. The summed E-state index contributed by atoms with van der Waals surface area (Å²) in [4.78, 5) is 4.58. The molecule has 0 saturated carbocycles. The molecule has 3 aromatic carbocycles. The van der Waals surface area contributed by atoms with Crippen LogP contribution in [0.5, 0.6) is 5.88 Å². The van der Waals surface area contributed by atoms with Crippen molar-refractivity contribution in [3.8, 4) is 17.0 Å². The summed E-state index contributed by atoms with van der Waals surface area (Å²) in [5, 5.41) is 11.9. The minimum Gasteiger partial charge on any atom is -0.481 e. The van der Waals surface area contributed by atoms with Gasteiger partial charge in [-0.2, -0.15) is 0 Å². The zero-order valence-corrected chi connectivity index (χ0v) is 17.6. The quantitative estimate of drug-likeness (QED) is 0.386. The van der Waals surface area contributed by atoms with Gasteiger partial charge in [0.2, 0.25) is 5.88 Å². The summed E-state index contributed by atoms with van der Waals surface area (Å²) in [6.07, 6.45) is 1.10. The van der Waals surface area contributed by atoms with Gasteiger partial charge in [0.1, 0.15) is 6.10 Å². The van der Waals surface area contributed by atoms with Gasteiger partial charge in [0, 0.05) is 15.9 Å². The van der Waals surface area contributed by atoms with Crippen molar-refractivity contribution in [2.75, 3.05) is 7.11 Å². The lowest BCUT2D eigenvalue weighted by Gasteiger charge is -2.15. The monoisotopic (exact) mass is 445 g/mol. The van der Waals surface area contributed by atoms with Crippen LogP contribution in [0, 0.1) is 0 Å². The highest BCUT2D eigenvalue weighted by Gasteiger charge is 2.15. The first kappa shape index (κ1) is 19.4. The molecule has 0 radical (unpaired) electrons. The van der Waals surface area contributed by atoms with E-state index in [1.54, 1.807) is 7.11 Å². The third kappa shape index (κ3) is 3.95. The number of hydrogen-bond acceptors (Lipinski definition) is 3. The fourth-order valence-corrected chi connectivity index (χ4v) is 3.85. The minimum atomic E-state index is -0.730. The average molecular weight is 446 g/mol. The van der Waals surface area contributed by atoms with E-state index in [9.17, 15) is 5.11 Å². The van der Waals surface area contributed by atoms with Gasteiger partial charge in [0.15, 0.2) is 0 Å². The Morgan fingerprint density at radius 2 is 1.79 bits per heavy atom. The standard InChI is InChI=1S/C25H20BrNO2/c1-3-16-6-4-7-17(12-16)21-15-24(29-2)27-23-11-10-19(14-22(21)23)25(28)18-8-5-9-20(26)13-18/h3-15,25,28H,1H2,2H3. The van der Waals surface area contributed by atoms with Crippen molar-refractivity contribution in [3.63, 3.8) is 0 Å². The number of fused-ring (bicyclic) bond motifs is 1. The molecule has 0 fully saturated rings. The van der Waals surface area contributed by atoms with Gasteiger partial charge < -0.3 is 9.84 Å². The molecule has 144 valence electrons. The van der Waals surface area contributed by atoms with Crippen molar-refractivity contribution in [2.24, 2.45) is 0 Å². The number of halogens is 1. The maximum absolute atomic E-state index is 10.9. The van der Waals surface area contributed by atoms with E-state index in [0.29, 0.717) is 5.88 Å². The van der Waals surface area contributed by atoms with Crippen LogP contribution in [-0.4, -0.2) is 17.2 Å². The SMILES string of the molecule is C=Cc1cccc(-c2cc(OC)nc3ccc(C(O)c4cccc(Br)c4)cc23)c1. The summed E-state index contributed by atoms with van der Waals surface area (Å²) in [5.41, 5.74) is 5.53. The Morgan fingerprint density at radius 1 is 1.00 bits per heavy atom. The smallest absolute Gasteiger partial charge is 0.214 e. The molecule has 0 saturated heterocycles. The number of rotatable bonds is 5. The van der Waals surface area contributed by atoms with Crippen LogP contribution in [0.2, 0.25) is 0 Å². The normalized spacial score (nSPS) is 12.0. The molecular formula is C25H20BrNO2. The van der Waals surface area contributed by atoms with Crippen molar-refractivity contribution in [2.45, 2.75) is 6.10 Å². The number of hydrogen-bond donors (Lipinski definition) is 1. The van der Waals surface area contributed by atoms with E-state index >= 15 is 0 Å². The Hall–Kier alpha value is -2.95. The zero-order chi connectivity index (χ0) is 20.4. The number of benzene rings is 3. The van der Waals surface area contributed by atoms with Gasteiger partial charge >= 0.3 is 0 Å². The summed E-state index contributed by atoms with van der Waals surface area (Å²) >= 11 is 3.47. The van der Waals surface area contributed by atoms with Gasteiger partial charge in [-0.15, -0.1) is 0 Å². The second-order valence-electron chi connectivity index (χ2n) is 6.78. The van der Waals surface area contributed by atoms with Gasteiger partial charge in [-0.05, 0) is 58.1 Å². The van der Waals surface area contributed by atoms with Crippen LogP contribution in [0.3, 0.4) is 0 Å². The molecule has 1 unspecified atom stereocenters. The van der Waals surface area contributed by atoms with Crippen LogP contribution in [-0.2, 0) is 0 Å². The fraction of sp³-hybridized carbons (Fsp3) is 0.0800. The first-order chi connectivity index (χ1) is 14.1. The molecule has 0 aliphatic rings. The molecule has 0 bridgehead atoms. The lowest BCUT2D eigenvalue weighted by atomic mass is 9.95. The maximum atomic E-state index is 10.9. The lowest BCUT2D eigenvalue weighted by Crippen LogP contribution is -2.00. The molecule has 0 amide bonds. The number of aromatic nitrogens is 1. The number of aliphatic hydroxyl groups excluding tert-OH is 1. The molecule has 1 heterocycles. The predicted molar refractivity (Wildman–Crippen MR) is 122 cm³/mol. The minimum absolute atomic E-state index is 0.553. The summed E-state index contributed by atoms with van der Waals surface area (Å²) < 4.78 is 6.35. The second-order valence-corrected chi connectivity index (χ2v) is 7.69. The van der Waals surface area contributed by atoms with E-state index in [1.165, 1.54) is 0 Å². The van der Waals surface area contributed by atoms with E-state index < -0.39 is 6.10 Å². The first-order valence-corrected chi connectivity index (χ1v) is 10.0. The van der Waals surface area contributed by atoms with Crippen LogP contribution < -0.4 is 4.74 Å². The molecule has 1 atom stereocenters. The third-order valence-corrected chi connectivity index (χ3v) is 5.43. The highest BCUT2D eigenvalue weighted by atomic mass is 79.9. The Labute approximate surface area is 178 Å². The van der Waals surface area contributed by atoms with Crippen molar-refractivity contribution in [1.82, 2.24) is 4.98 Å². The molecule has 4 rings (SSSR count).